The van der Waals surface area contributed by atoms with Gasteiger partial charge in [-0.05, 0) is 49.6 Å². The number of aromatic nitrogens is 1. The van der Waals surface area contributed by atoms with Crippen LogP contribution in [0.15, 0.2) is 42.2 Å². The van der Waals surface area contributed by atoms with E-state index < -0.39 is 24.9 Å². The van der Waals surface area contributed by atoms with Gasteiger partial charge >= 0.3 is 6.18 Å². The Kier molecular flexibility index (Phi) is 11.6. The van der Waals surface area contributed by atoms with Gasteiger partial charge in [0.25, 0.3) is 5.91 Å². The maximum atomic E-state index is 13.1. The van der Waals surface area contributed by atoms with Gasteiger partial charge in [-0.1, -0.05) is 20.8 Å². The molecule has 0 saturated carbocycles. The first kappa shape index (κ1) is 31.6. The number of ether oxygens (including phenoxy) is 1. The van der Waals surface area contributed by atoms with Crippen LogP contribution in [-0.4, -0.2) is 74.4 Å². The van der Waals surface area contributed by atoms with E-state index in [9.17, 15) is 18.0 Å². The van der Waals surface area contributed by atoms with Crippen LogP contribution < -0.4 is 26.6 Å². The summed E-state index contributed by atoms with van der Waals surface area (Å²) in [7, 11) is 5.60. The molecule has 1 aromatic heterocycles. The van der Waals surface area contributed by atoms with Crippen molar-refractivity contribution in [2.75, 3.05) is 51.6 Å². The van der Waals surface area contributed by atoms with E-state index in [1.54, 1.807) is 19.3 Å². The minimum Gasteiger partial charge on any atom is -0.472 e. The van der Waals surface area contributed by atoms with E-state index in [1.165, 1.54) is 18.5 Å². The maximum absolute atomic E-state index is 13.1. The van der Waals surface area contributed by atoms with Gasteiger partial charge in [0, 0.05) is 31.6 Å². The Morgan fingerprint density at radius 3 is 2.61 bits per heavy atom. The van der Waals surface area contributed by atoms with Gasteiger partial charge in [0.15, 0.2) is 6.23 Å². The van der Waals surface area contributed by atoms with Crippen LogP contribution in [0.1, 0.15) is 32.6 Å². The fourth-order valence-corrected chi connectivity index (χ4v) is 4.91. The van der Waals surface area contributed by atoms with Crippen LogP contribution in [0, 0.1) is 11.3 Å². The third kappa shape index (κ3) is 9.59. The molecule has 9 nitrogen and oxygen atoms in total. The Labute approximate surface area is 227 Å². The van der Waals surface area contributed by atoms with E-state index in [-0.39, 0.29) is 23.1 Å². The molecule has 0 fully saturated rings. The van der Waals surface area contributed by atoms with Gasteiger partial charge in [-0.3, -0.25) is 15.0 Å². The first-order valence-corrected chi connectivity index (χ1v) is 13.6. The van der Waals surface area contributed by atoms with Crippen molar-refractivity contribution >= 4 is 23.5 Å². The summed E-state index contributed by atoms with van der Waals surface area (Å²) in [5.74, 6) is 1.08. The maximum Gasteiger partial charge on any atom is 0.405 e. The Morgan fingerprint density at radius 2 is 2.03 bits per heavy atom. The first-order chi connectivity index (χ1) is 17.8. The van der Waals surface area contributed by atoms with Gasteiger partial charge in [0.2, 0.25) is 0 Å². The summed E-state index contributed by atoms with van der Waals surface area (Å²) >= 11 is 1.82. The average Bonchev–Trinajstić information content (AvgIpc) is 3.33. The highest BCUT2D eigenvalue weighted by Crippen LogP contribution is 2.30. The second-order valence-corrected chi connectivity index (χ2v) is 11.0. The molecule has 3 unspecified atom stereocenters. The molecule has 0 spiro atoms. The standard InChI is InChI=1S/C25H40F3N7O2S/c1-24(2,3)17(14-38-7)12-35(6)21(30-5)18(11-29-4)33-22(36)19-13-37-23(34-19)16-8-9-31-20(10-16)32-15-25(26,27)28/h8-11,13,17,21,23,29-30,34H,12,14-15H2,1-7H3,(H,31,32)(H,33,36)/b18-11+. The van der Waals surface area contributed by atoms with E-state index in [1.807, 2.05) is 25.9 Å². The fourth-order valence-electron chi connectivity index (χ4n) is 3.91. The SMILES string of the molecule is CN/C=C(/NC(=O)C1=COC(c2ccnc(NCC(F)(F)F)c2)N1)C(NC)N(C)CC(CSC)C(C)(C)C. The quantitative estimate of drug-likeness (QED) is 0.233. The largest absolute Gasteiger partial charge is 0.472 e. The second kappa shape index (κ2) is 13.9. The van der Waals surface area contributed by atoms with E-state index in [0.717, 1.165) is 12.3 Å². The summed E-state index contributed by atoms with van der Waals surface area (Å²) in [6.07, 6.45) is 1.11. The third-order valence-electron chi connectivity index (χ3n) is 6.08. The highest BCUT2D eigenvalue weighted by Gasteiger charge is 2.31. The van der Waals surface area contributed by atoms with Crippen LogP contribution >= 0.6 is 11.8 Å². The number of hydrogen-bond donors (Lipinski definition) is 5. The van der Waals surface area contributed by atoms with Gasteiger partial charge in [-0.25, -0.2) is 4.98 Å². The molecule has 2 heterocycles. The van der Waals surface area contributed by atoms with Crippen molar-refractivity contribution in [3.05, 3.63) is 47.7 Å². The number of rotatable bonds is 13. The van der Waals surface area contributed by atoms with E-state index in [0.29, 0.717) is 17.2 Å². The predicted molar refractivity (Wildman–Crippen MR) is 146 cm³/mol. The van der Waals surface area contributed by atoms with Crippen molar-refractivity contribution in [2.45, 2.75) is 39.3 Å². The number of pyridine rings is 1. The summed E-state index contributed by atoms with van der Waals surface area (Å²) < 4.78 is 43.2. The molecule has 3 atom stereocenters. The Bertz CT molecular complexity index is 982. The minimum atomic E-state index is -4.37. The lowest BCUT2D eigenvalue weighted by molar-refractivity contribution is -0.117. The Morgan fingerprint density at radius 1 is 1.32 bits per heavy atom. The summed E-state index contributed by atoms with van der Waals surface area (Å²) in [4.78, 5) is 19.2. The van der Waals surface area contributed by atoms with Crippen molar-refractivity contribution in [1.29, 1.82) is 0 Å². The number of anilines is 1. The number of nitrogens with one attached hydrogen (secondary N) is 5. The van der Waals surface area contributed by atoms with Crippen molar-refractivity contribution in [3.8, 4) is 0 Å². The molecule has 0 aromatic carbocycles. The molecule has 13 heteroatoms. The zero-order chi connectivity index (χ0) is 28.5. The summed E-state index contributed by atoms with van der Waals surface area (Å²) in [5.41, 5.74) is 1.44. The molecule has 0 aliphatic carbocycles. The van der Waals surface area contributed by atoms with Crippen LogP contribution in [-0.2, 0) is 9.53 Å². The summed E-state index contributed by atoms with van der Waals surface area (Å²) in [6, 6.07) is 3.04. The molecule has 214 valence electrons. The van der Waals surface area contributed by atoms with Crippen LogP contribution in [0.2, 0.25) is 0 Å². The third-order valence-corrected chi connectivity index (χ3v) is 6.81. The molecule has 1 aromatic rings. The summed E-state index contributed by atoms with van der Waals surface area (Å²) in [5, 5.41) is 14.4. The highest BCUT2D eigenvalue weighted by molar-refractivity contribution is 7.98. The number of halogens is 3. The highest BCUT2D eigenvalue weighted by atomic mass is 32.2. The molecule has 38 heavy (non-hydrogen) atoms. The predicted octanol–water partition coefficient (Wildman–Crippen LogP) is 3.20. The van der Waals surface area contributed by atoms with Gasteiger partial charge in [-0.15, -0.1) is 0 Å². The number of alkyl halides is 3. The zero-order valence-electron chi connectivity index (χ0n) is 23.0. The number of carbonyl (C=O) groups excluding carboxylic acids is 1. The molecular weight excluding hydrogens is 519 g/mol. The Hall–Kier alpha value is -2.64. The minimum absolute atomic E-state index is 0.0531. The topological polar surface area (TPSA) is 103 Å². The van der Waals surface area contributed by atoms with Gasteiger partial charge < -0.3 is 26.0 Å². The lowest BCUT2D eigenvalue weighted by Crippen LogP contribution is -2.51. The molecule has 1 aliphatic heterocycles. The van der Waals surface area contributed by atoms with Crippen LogP contribution in [0.5, 0.6) is 0 Å². The smallest absolute Gasteiger partial charge is 0.405 e. The molecule has 5 N–H and O–H groups in total. The van der Waals surface area contributed by atoms with Gasteiger partial charge in [-0.2, -0.15) is 24.9 Å². The lowest BCUT2D eigenvalue weighted by atomic mass is 9.81. The first-order valence-electron chi connectivity index (χ1n) is 12.2. The number of likely N-dealkylation sites (N-methyl/N-ethyl adjacent to an activating group) is 2. The summed E-state index contributed by atoms with van der Waals surface area (Å²) in [6.45, 7) is 6.30. The van der Waals surface area contributed by atoms with Crippen LogP contribution in [0.4, 0.5) is 19.0 Å². The zero-order valence-corrected chi connectivity index (χ0v) is 23.8. The number of nitrogens with zero attached hydrogens (tertiary/aromatic N) is 2. The van der Waals surface area contributed by atoms with E-state index in [2.05, 4.69) is 63.5 Å². The lowest BCUT2D eigenvalue weighted by Gasteiger charge is -2.37. The number of carbonyl (C=O) groups is 1. The molecule has 1 amide bonds. The van der Waals surface area contributed by atoms with Crippen molar-refractivity contribution < 1.29 is 22.7 Å². The van der Waals surface area contributed by atoms with E-state index >= 15 is 0 Å². The van der Waals surface area contributed by atoms with Gasteiger partial charge in [0.1, 0.15) is 30.5 Å². The van der Waals surface area contributed by atoms with Crippen LogP contribution in [0.3, 0.4) is 0 Å². The van der Waals surface area contributed by atoms with Crippen molar-refractivity contribution in [3.63, 3.8) is 0 Å². The molecule has 0 radical (unpaired) electrons. The molecule has 0 saturated heterocycles. The van der Waals surface area contributed by atoms with Crippen molar-refractivity contribution in [2.24, 2.45) is 11.3 Å². The Balaban J connectivity index is 2.07. The normalized spacial score (nSPS) is 17.8. The monoisotopic (exact) mass is 559 g/mol. The fraction of sp³-hybridized carbons (Fsp3) is 0.600. The van der Waals surface area contributed by atoms with Crippen LogP contribution in [0.25, 0.3) is 0 Å². The molecule has 2 rings (SSSR count). The number of hydrogen-bond acceptors (Lipinski definition) is 9. The molecule has 1 aliphatic rings. The molecule has 0 bridgehead atoms. The number of amides is 1. The van der Waals surface area contributed by atoms with Crippen molar-refractivity contribution in [1.82, 2.24) is 31.2 Å². The average molecular weight is 560 g/mol. The molecular formula is C25H40F3N7O2S. The second-order valence-electron chi connectivity index (χ2n) is 10.1. The van der Waals surface area contributed by atoms with E-state index in [4.69, 9.17) is 4.74 Å². The number of thioether (sulfide) groups is 1. The van der Waals surface area contributed by atoms with Gasteiger partial charge in [0.05, 0.1) is 5.70 Å².